The second-order valence-electron chi connectivity index (χ2n) is 6.12. The molecule has 0 bridgehead atoms. The summed E-state index contributed by atoms with van der Waals surface area (Å²) in [6.45, 7) is 4.70. The zero-order valence-corrected chi connectivity index (χ0v) is 14.5. The van der Waals surface area contributed by atoms with Gasteiger partial charge in [-0.1, -0.05) is 11.6 Å². The Morgan fingerprint density at radius 2 is 2.17 bits per heavy atom. The zero-order valence-electron chi connectivity index (χ0n) is 13.7. The van der Waals surface area contributed by atoms with Crippen LogP contribution in [0.2, 0.25) is 5.02 Å². The smallest absolute Gasteiger partial charge is 0.319 e. The summed E-state index contributed by atoms with van der Waals surface area (Å²) in [5.41, 5.74) is 1.73. The number of hydrogen-bond donors (Lipinski definition) is 2. The lowest BCUT2D eigenvalue weighted by atomic mass is 10.2. The van der Waals surface area contributed by atoms with Gasteiger partial charge in [-0.15, -0.1) is 0 Å². The number of rotatable bonds is 5. The van der Waals surface area contributed by atoms with Gasteiger partial charge < -0.3 is 20.1 Å². The largest absolute Gasteiger partial charge is 0.370 e. The van der Waals surface area contributed by atoms with Crippen molar-refractivity contribution in [1.29, 1.82) is 0 Å². The summed E-state index contributed by atoms with van der Waals surface area (Å²) in [7, 11) is 0. The Morgan fingerprint density at radius 3 is 2.83 bits per heavy atom. The Labute approximate surface area is 146 Å². The highest BCUT2D eigenvalue weighted by Crippen LogP contribution is 2.31. The number of carbonyl (C=O) groups excluding carboxylic acids is 1. The van der Waals surface area contributed by atoms with Crippen LogP contribution in [0.5, 0.6) is 0 Å². The molecule has 24 heavy (non-hydrogen) atoms. The van der Waals surface area contributed by atoms with Gasteiger partial charge >= 0.3 is 6.03 Å². The monoisotopic (exact) mass is 347 g/mol. The van der Waals surface area contributed by atoms with Crippen LogP contribution in [0, 0.1) is 0 Å². The fourth-order valence-corrected chi connectivity index (χ4v) is 3.25. The number of benzene rings is 1. The van der Waals surface area contributed by atoms with Crippen LogP contribution in [-0.4, -0.2) is 34.7 Å². The third-order valence-corrected chi connectivity index (χ3v) is 4.38. The zero-order chi connectivity index (χ0) is 16.9. The first-order valence-electron chi connectivity index (χ1n) is 8.19. The van der Waals surface area contributed by atoms with Crippen LogP contribution in [0.4, 0.5) is 16.2 Å². The van der Waals surface area contributed by atoms with Gasteiger partial charge in [0.05, 0.1) is 17.0 Å². The number of hydrogen-bond acceptors (Lipinski definition) is 3. The first-order valence-corrected chi connectivity index (χ1v) is 8.57. The highest BCUT2D eigenvalue weighted by atomic mass is 35.5. The van der Waals surface area contributed by atoms with Crippen LogP contribution in [0.25, 0.3) is 0 Å². The van der Waals surface area contributed by atoms with Gasteiger partial charge in [-0.25, -0.2) is 9.78 Å². The van der Waals surface area contributed by atoms with Crippen LogP contribution in [0.1, 0.15) is 19.8 Å². The fraction of sp³-hybridized carbons (Fsp3) is 0.412. The van der Waals surface area contributed by atoms with Gasteiger partial charge in [0.25, 0.3) is 0 Å². The Morgan fingerprint density at radius 1 is 1.38 bits per heavy atom. The van der Waals surface area contributed by atoms with Crippen LogP contribution in [-0.2, 0) is 6.54 Å². The molecule has 2 N–H and O–H groups in total. The van der Waals surface area contributed by atoms with Gasteiger partial charge in [0.15, 0.2) is 0 Å². The van der Waals surface area contributed by atoms with Crippen LogP contribution >= 0.6 is 11.6 Å². The Bertz CT molecular complexity index is 682. The molecular weight excluding hydrogens is 326 g/mol. The molecule has 0 aliphatic carbocycles. The van der Waals surface area contributed by atoms with Crippen molar-refractivity contribution in [3.8, 4) is 0 Å². The van der Waals surface area contributed by atoms with Crippen LogP contribution < -0.4 is 15.5 Å². The number of nitrogens with one attached hydrogen (secondary N) is 2. The van der Waals surface area contributed by atoms with E-state index in [-0.39, 0.29) is 12.1 Å². The summed E-state index contributed by atoms with van der Waals surface area (Å²) < 4.78 is 1.92. The highest BCUT2D eigenvalue weighted by molar-refractivity contribution is 6.33. The van der Waals surface area contributed by atoms with E-state index in [0.29, 0.717) is 17.3 Å². The molecule has 1 aromatic heterocycles. The molecule has 1 saturated heterocycles. The van der Waals surface area contributed by atoms with E-state index in [1.54, 1.807) is 18.6 Å². The van der Waals surface area contributed by atoms with Crippen molar-refractivity contribution in [1.82, 2.24) is 14.9 Å². The minimum atomic E-state index is -0.243. The number of imidazole rings is 1. The average molecular weight is 348 g/mol. The molecule has 1 aliphatic rings. The van der Waals surface area contributed by atoms with Crippen molar-refractivity contribution in [3.05, 3.63) is 41.9 Å². The third-order valence-electron chi connectivity index (χ3n) is 4.07. The van der Waals surface area contributed by atoms with Crippen LogP contribution in [0.3, 0.4) is 0 Å². The number of anilines is 2. The molecular formula is C17H22ClN5O. The molecule has 2 heterocycles. The van der Waals surface area contributed by atoms with Crippen molar-refractivity contribution in [2.24, 2.45) is 0 Å². The molecule has 0 radical (unpaired) electrons. The molecule has 0 unspecified atom stereocenters. The Kier molecular flexibility index (Phi) is 5.25. The fourth-order valence-electron chi connectivity index (χ4n) is 2.95. The van der Waals surface area contributed by atoms with Gasteiger partial charge in [-0.3, -0.25) is 0 Å². The van der Waals surface area contributed by atoms with E-state index >= 15 is 0 Å². The van der Waals surface area contributed by atoms with Gasteiger partial charge in [0, 0.05) is 43.8 Å². The van der Waals surface area contributed by atoms with Gasteiger partial charge in [0.1, 0.15) is 0 Å². The molecule has 1 atom stereocenters. The van der Waals surface area contributed by atoms with Crippen molar-refractivity contribution in [2.45, 2.75) is 32.4 Å². The predicted molar refractivity (Wildman–Crippen MR) is 96.7 cm³/mol. The molecule has 6 nitrogen and oxygen atoms in total. The van der Waals surface area contributed by atoms with Gasteiger partial charge in [-0.2, -0.15) is 0 Å². The molecule has 0 saturated carbocycles. The van der Waals surface area contributed by atoms with E-state index in [1.165, 1.54) is 12.8 Å². The Balaban J connectivity index is 1.55. The molecule has 2 amide bonds. The lowest BCUT2D eigenvalue weighted by Gasteiger charge is -2.20. The molecule has 3 rings (SSSR count). The third kappa shape index (κ3) is 4.20. The Hall–Kier alpha value is -2.21. The molecule has 128 valence electrons. The lowest BCUT2D eigenvalue weighted by molar-refractivity contribution is 0.248. The SMILES string of the molecule is C[C@@H](Cn1ccnc1)NC(=O)Nc1ccc(N2CCCC2)c(Cl)c1. The van der Waals surface area contributed by atoms with E-state index in [2.05, 4.69) is 20.5 Å². The van der Waals surface area contributed by atoms with E-state index in [1.807, 2.05) is 29.8 Å². The van der Waals surface area contributed by atoms with Crippen molar-refractivity contribution >= 4 is 29.0 Å². The summed E-state index contributed by atoms with van der Waals surface area (Å²) in [6.07, 6.45) is 7.72. The van der Waals surface area contributed by atoms with E-state index in [9.17, 15) is 4.79 Å². The van der Waals surface area contributed by atoms with Gasteiger partial charge in [0.2, 0.25) is 0 Å². The van der Waals surface area contributed by atoms with Crippen molar-refractivity contribution in [3.63, 3.8) is 0 Å². The van der Waals surface area contributed by atoms with Crippen molar-refractivity contribution in [2.75, 3.05) is 23.3 Å². The number of carbonyl (C=O) groups is 1. The van der Waals surface area contributed by atoms with Crippen molar-refractivity contribution < 1.29 is 4.79 Å². The van der Waals surface area contributed by atoms with E-state index < -0.39 is 0 Å². The number of amides is 2. The summed E-state index contributed by atoms with van der Waals surface area (Å²) >= 11 is 6.37. The molecule has 1 aliphatic heterocycles. The molecule has 2 aromatic rings. The normalized spacial score (nSPS) is 15.3. The summed E-state index contributed by atoms with van der Waals surface area (Å²) in [4.78, 5) is 18.4. The van der Waals surface area contributed by atoms with Gasteiger partial charge in [-0.05, 0) is 38.0 Å². The minimum absolute atomic E-state index is 0.0152. The summed E-state index contributed by atoms with van der Waals surface area (Å²) in [5.74, 6) is 0. The first-order chi connectivity index (χ1) is 11.6. The minimum Gasteiger partial charge on any atom is -0.370 e. The maximum atomic E-state index is 12.1. The average Bonchev–Trinajstić information content (AvgIpc) is 3.20. The highest BCUT2D eigenvalue weighted by Gasteiger charge is 2.16. The number of nitrogens with zero attached hydrogens (tertiary/aromatic N) is 3. The summed E-state index contributed by atoms with van der Waals surface area (Å²) in [5, 5.41) is 6.40. The number of aromatic nitrogens is 2. The second-order valence-corrected chi connectivity index (χ2v) is 6.53. The topological polar surface area (TPSA) is 62.2 Å². The molecule has 7 heteroatoms. The quantitative estimate of drug-likeness (QED) is 0.871. The van der Waals surface area contributed by atoms with E-state index in [0.717, 1.165) is 18.8 Å². The standard InChI is InChI=1S/C17H22ClN5O/c1-13(11-22-9-6-19-12-22)20-17(24)21-14-4-5-16(15(18)10-14)23-7-2-3-8-23/h4-6,9-10,12-13H,2-3,7-8,11H2,1H3,(H2,20,21,24)/t13-/m0/s1. The lowest BCUT2D eigenvalue weighted by Crippen LogP contribution is -2.38. The van der Waals surface area contributed by atoms with E-state index in [4.69, 9.17) is 11.6 Å². The number of halogens is 1. The molecule has 1 aromatic carbocycles. The number of urea groups is 1. The predicted octanol–water partition coefficient (Wildman–Crippen LogP) is 3.35. The maximum Gasteiger partial charge on any atom is 0.319 e. The summed E-state index contributed by atoms with van der Waals surface area (Å²) in [6, 6.07) is 5.40. The molecule has 0 spiro atoms. The first kappa shape index (κ1) is 16.6. The second kappa shape index (κ2) is 7.57. The maximum absolute atomic E-state index is 12.1. The molecule has 1 fully saturated rings. The van der Waals surface area contributed by atoms with Crippen LogP contribution in [0.15, 0.2) is 36.9 Å².